The Labute approximate surface area is 97.1 Å². The summed E-state index contributed by atoms with van der Waals surface area (Å²) in [7, 11) is 2.10. The van der Waals surface area contributed by atoms with Gasteiger partial charge in [0.05, 0.1) is 0 Å². The van der Waals surface area contributed by atoms with Crippen LogP contribution in [-0.4, -0.2) is 4.57 Å². The van der Waals surface area contributed by atoms with Gasteiger partial charge in [0.1, 0.15) is 0 Å². The monoisotopic (exact) mass is 216 g/mol. The second-order valence-corrected chi connectivity index (χ2v) is 4.82. The van der Waals surface area contributed by atoms with Gasteiger partial charge in [-0.1, -0.05) is 32.0 Å². The number of benzene rings is 1. The molecule has 0 aliphatic rings. The number of nitrogens with zero attached hydrogens (tertiary/aromatic N) is 1. The summed E-state index contributed by atoms with van der Waals surface area (Å²) in [5.41, 5.74) is 10.0. The summed E-state index contributed by atoms with van der Waals surface area (Å²) in [4.78, 5) is 0. The maximum absolute atomic E-state index is 6.10. The standard InChI is InChI=1S/C14H20N2/c1-9(2)13-11-7-5-6-8-12(11)16(4)14(13)10(3)15/h5-10H,15H2,1-4H3. The fourth-order valence-corrected chi connectivity index (χ4v) is 2.60. The van der Waals surface area contributed by atoms with Gasteiger partial charge in [-0.3, -0.25) is 0 Å². The van der Waals surface area contributed by atoms with Crippen molar-refractivity contribution in [3.8, 4) is 0 Å². The topological polar surface area (TPSA) is 30.9 Å². The lowest BCUT2D eigenvalue weighted by atomic mass is 9.97. The van der Waals surface area contributed by atoms with E-state index in [1.54, 1.807) is 0 Å². The third kappa shape index (κ3) is 1.54. The molecule has 0 aliphatic carbocycles. The second-order valence-electron chi connectivity index (χ2n) is 4.82. The number of hydrogen-bond donors (Lipinski definition) is 1. The van der Waals surface area contributed by atoms with Crippen LogP contribution in [0.2, 0.25) is 0 Å². The molecule has 1 aromatic carbocycles. The SMILES string of the molecule is CC(C)c1c(C(C)N)n(C)c2ccccc12. The normalized spacial score (nSPS) is 13.6. The molecule has 2 rings (SSSR count). The van der Waals surface area contributed by atoms with Gasteiger partial charge in [0, 0.05) is 29.7 Å². The van der Waals surface area contributed by atoms with Crippen molar-refractivity contribution in [2.24, 2.45) is 12.8 Å². The molecule has 0 aliphatic heterocycles. The lowest BCUT2D eigenvalue weighted by Gasteiger charge is -2.13. The molecule has 0 saturated carbocycles. The summed E-state index contributed by atoms with van der Waals surface area (Å²) in [5, 5.41) is 1.34. The highest BCUT2D eigenvalue weighted by atomic mass is 15.0. The molecule has 0 bridgehead atoms. The molecule has 0 spiro atoms. The Morgan fingerprint density at radius 1 is 1.12 bits per heavy atom. The molecule has 0 radical (unpaired) electrons. The number of fused-ring (bicyclic) bond motifs is 1. The van der Waals surface area contributed by atoms with Gasteiger partial charge in [-0.15, -0.1) is 0 Å². The molecule has 0 fully saturated rings. The first-order chi connectivity index (χ1) is 7.54. The largest absolute Gasteiger partial charge is 0.346 e. The van der Waals surface area contributed by atoms with Gasteiger partial charge >= 0.3 is 0 Å². The minimum atomic E-state index is 0.0785. The van der Waals surface area contributed by atoms with E-state index in [2.05, 4.69) is 56.7 Å². The van der Waals surface area contributed by atoms with Gasteiger partial charge in [-0.2, -0.15) is 0 Å². The third-order valence-corrected chi connectivity index (χ3v) is 3.20. The Kier molecular flexibility index (Phi) is 2.76. The second kappa shape index (κ2) is 3.95. The van der Waals surface area contributed by atoms with Crippen LogP contribution < -0.4 is 5.73 Å². The highest BCUT2D eigenvalue weighted by molar-refractivity contribution is 5.86. The van der Waals surface area contributed by atoms with E-state index in [0.29, 0.717) is 5.92 Å². The van der Waals surface area contributed by atoms with Crippen LogP contribution in [0.25, 0.3) is 10.9 Å². The average Bonchev–Trinajstić information content (AvgIpc) is 2.53. The molecule has 16 heavy (non-hydrogen) atoms. The number of aryl methyl sites for hydroxylation is 1. The summed E-state index contributed by atoms with van der Waals surface area (Å²) in [5.74, 6) is 0.507. The summed E-state index contributed by atoms with van der Waals surface area (Å²) >= 11 is 0. The summed E-state index contributed by atoms with van der Waals surface area (Å²) < 4.78 is 2.23. The third-order valence-electron chi connectivity index (χ3n) is 3.20. The molecule has 2 N–H and O–H groups in total. The molecule has 1 aromatic heterocycles. The Morgan fingerprint density at radius 2 is 1.75 bits per heavy atom. The molecule has 2 aromatic rings. The van der Waals surface area contributed by atoms with Gasteiger partial charge < -0.3 is 10.3 Å². The molecular weight excluding hydrogens is 196 g/mol. The molecule has 0 amide bonds. The minimum absolute atomic E-state index is 0.0785. The first kappa shape index (κ1) is 11.2. The van der Waals surface area contributed by atoms with E-state index in [9.17, 15) is 0 Å². The fourth-order valence-electron chi connectivity index (χ4n) is 2.60. The van der Waals surface area contributed by atoms with Gasteiger partial charge in [0.2, 0.25) is 0 Å². The van der Waals surface area contributed by atoms with Crippen molar-refractivity contribution < 1.29 is 0 Å². The highest BCUT2D eigenvalue weighted by Gasteiger charge is 2.19. The number of hydrogen-bond acceptors (Lipinski definition) is 1. The van der Waals surface area contributed by atoms with E-state index in [1.165, 1.54) is 22.2 Å². The highest BCUT2D eigenvalue weighted by Crippen LogP contribution is 2.33. The molecule has 1 heterocycles. The van der Waals surface area contributed by atoms with Crippen LogP contribution in [-0.2, 0) is 7.05 Å². The Morgan fingerprint density at radius 3 is 2.31 bits per heavy atom. The number of nitrogens with two attached hydrogens (primary N) is 1. The fraction of sp³-hybridized carbons (Fsp3) is 0.429. The number of para-hydroxylation sites is 1. The summed E-state index contributed by atoms with van der Waals surface area (Å²) in [6, 6.07) is 8.61. The minimum Gasteiger partial charge on any atom is -0.346 e. The number of aromatic nitrogens is 1. The lowest BCUT2D eigenvalue weighted by Crippen LogP contribution is -2.12. The zero-order chi connectivity index (χ0) is 11.9. The van der Waals surface area contributed by atoms with Gasteiger partial charge in [0.15, 0.2) is 0 Å². The van der Waals surface area contributed by atoms with Crippen LogP contribution in [0.4, 0.5) is 0 Å². The van der Waals surface area contributed by atoms with Crippen molar-refractivity contribution in [3.05, 3.63) is 35.5 Å². The van der Waals surface area contributed by atoms with E-state index in [4.69, 9.17) is 5.73 Å². The van der Waals surface area contributed by atoms with E-state index < -0.39 is 0 Å². The van der Waals surface area contributed by atoms with Crippen LogP contribution in [0, 0.1) is 0 Å². The first-order valence-electron chi connectivity index (χ1n) is 5.86. The molecule has 1 atom stereocenters. The number of rotatable bonds is 2. The van der Waals surface area contributed by atoms with Crippen LogP contribution in [0.1, 0.15) is 44.0 Å². The van der Waals surface area contributed by atoms with Crippen molar-refractivity contribution in [2.75, 3.05) is 0 Å². The maximum Gasteiger partial charge on any atom is 0.0483 e. The predicted octanol–water partition coefficient (Wildman–Crippen LogP) is 3.32. The van der Waals surface area contributed by atoms with E-state index in [0.717, 1.165) is 0 Å². The zero-order valence-electron chi connectivity index (χ0n) is 10.5. The van der Waals surface area contributed by atoms with Gasteiger partial charge in [-0.25, -0.2) is 0 Å². The quantitative estimate of drug-likeness (QED) is 0.820. The molecule has 0 saturated heterocycles. The van der Waals surface area contributed by atoms with Crippen molar-refractivity contribution >= 4 is 10.9 Å². The molecule has 1 unspecified atom stereocenters. The van der Waals surface area contributed by atoms with Crippen LogP contribution in [0.5, 0.6) is 0 Å². The van der Waals surface area contributed by atoms with Crippen LogP contribution >= 0.6 is 0 Å². The molecule has 2 nitrogen and oxygen atoms in total. The maximum atomic E-state index is 6.10. The molecule has 2 heteroatoms. The average molecular weight is 216 g/mol. The van der Waals surface area contributed by atoms with Gasteiger partial charge in [-0.05, 0) is 24.5 Å². The predicted molar refractivity (Wildman–Crippen MR) is 69.6 cm³/mol. The Bertz CT molecular complexity index is 507. The van der Waals surface area contributed by atoms with Crippen molar-refractivity contribution in [3.63, 3.8) is 0 Å². The Hall–Kier alpha value is -1.28. The molecular formula is C14H20N2. The van der Waals surface area contributed by atoms with Crippen molar-refractivity contribution in [1.29, 1.82) is 0 Å². The van der Waals surface area contributed by atoms with E-state index >= 15 is 0 Å². The van der Waals surface area contributed by atoms with Crippen LogP contribution in [0.3, 0.4) is 0 Å². The van der Waals surface area contributed by atoms with E-state index in [-0.39, 0.29) is 6.04 Å². The molecule has 86 valence electrons. The lowest BCUT2D eigenvalue weighted by molar-refractivity contribution is 0.697. The van der Waals surface area contributed by atoms with Crippen molar-refractivity contribution in [2.45, 2.75) is 32.7 Å². The first-order valence-corrected chi connectivity index (χ1v) is 5.86. The Balaban J connectivity index is 2.86. The van der Waals surface area contributed by atoms with Crippen molar-refractivity contribution in [1.82, 2.24) is 4.57 Å². The van der Waals surface area contributed by atoms with Crippen LogP contribution in [0.15, 0.2) is 24.3 Å². The summed E-state index contributed by atoms with van der Waals surface area (Å²) in [6.07, 6.45) is 0. The van der Waals surface area contributed by atoms with Gasteiger partial charge in [0.25, 0.3) is 0 Å². The zero-order valence-corrected chi connectivity index (χ0v) is 10.5. The smallest absolute Gasteiger partial charge is 0.0483 e. The van der Waals surface area contributed by atoms with E-state index in [1.807, 2.05) is 0 Å². The summed E-state index contributed by atoms with van der Waals surface area (Å²) in [6.45, 7) is 6.52.